The van der Waals surface area contributed by atoms with E-state index in [1.54, 1.807) is 42.3 Å². The fourth-order valence-electron chi connectivity index (χ4n) is 4.68. The molecule has 2 aromatic carbocycles. The standard InChI is InChI=1S/C31H39N7O4/c1-6-30(39)37-15-14-23(20-37)21-38(31(40)42-25-10-8-7-9-11-25)29-19-28(32-22-33-29)34-26-13-12-24(18-27(26)41-5)36(4)17-16-35(2)3/h6-13,18-19,22-23H,1,14-17,20-21H2,2-5H3,(H,32,33,34). The Hall–Kier alpha value is -4.64. The molecule has 4 rings (SSSR count). The van der Waals surface area contributed by atoms with Crippen LogP contribution in [-0.2, 0) is 4.79 Å². The molecule has 0 saturated carbocycles. The Bertz CT molecular complexity index is 1370. The first-order valence-corrected chi connectivity index (χ1v) is 13.9. The molecule has 2 amide bonds. The van der Waals surface area contributed by atoms with E-state index in [4.69, 9.17) is 9.47 Å². The number of rotatable bonds is 12. The van der Waals surface area contributed by atoms with Crippen LogP contribution in [0.5, 0.6) is 11.5 Å². The number of aromatic nitrogens is 2. The van der Waals surface area contributed by atoms with Gasteiger partial charge in [0, 0.05) is 57.6 Å². The van der Waals surface area contributed by atoms with Gasteiger partial charge in [-0.15, -0.1) is 0 Å². The van der Waals surface area contributed by atoms with Crippen molar-refractivity contribution in [3.8, 4) is 11.5 Å². The first-order valence-electron chi connectivity index (χ1n) is 13.9. The van der Waals surface area contributed by atoms with E-state index in [2.05, 4.69) is 31.7 Å². The summed E-state index contributed by atoms with van der Waals surface area (Å²) in [5, 5.41) is 3.30. The molecule has 1 aliphatic rings. The highest BCUT2D eigenvalue weighted by Gasteiger charge is 2.30. The predicted octanol–water partition coefficient (Wildman–Crippen LogP) is 4.27. The number of ether oxygens (including phenoxy) is 2. The molecule has 1 atom stereocenters. The van der Waals surface area contributed by atoms with Crippen molar-refractivity contribution in [1.29, 1.82) is 0 Å². The number of nitrogens with one attached hydrogen (secondary N) is 1. The Morgan fingerprint density at radius 2 is 1.88 bits per heavy atom. The highest BCUT2D eigenvalue weighted by atomic mass is 16.6. The number of carbonyl (C=O) groups is 2. The van der Waals surface area contributed by atoms with Gasteiger partial charge in [-0.2, -0.15) is 0 Å². The van der Waals surface area contributed by atoms with Gasteiger partial charge in [0.05, 0.1) is 12.8 Å². The van der Waals surface area contributed by atoms with Crippen molar-refractivity contribution in [1.82, 2.24) is 19.8 Å². The number of amides is 2. The lowest BCUT2D eigenvalue weighted by Crippen LogP contribution is -2.39. The maximum atomic E-state index is 13.4. The van der Waals surface area contributed by atoms with Crippen LogP contribution >= 0.6 is 0 Å². The van der Waals surface area contributed by atoms with Crippen molar-refractivity contribution in [2.45, 2.75) is 6.42 Å². The molecule has 1 fully saturated rings. The molecule has 1 unspecified atom stereocenters. The van der Waals surface area contributed by atoms with Crippen molar-refractivity contribution in [2.24, 2.45) is 5.92 Å². The number of methoxy groups -OCH3 is 1. The fraction of sp³-hybridized carbons (Fsp3) is 0.355. The topological polar surface area (TPSA) is 103 Å². The molecule has 1 aromatic heterocycles. The zero-order chi connectivity index (χ0) is 30.1. The third kappa shape index (κ3) is 7.97. The molecular formula is C31H39N7O4. The summed E-state index contributed by atoms with van der Waals surface area (Å²) < 4.78 is 11.4. The molecular weight excluding hydrogens is 534 g/mol. The Kier molecular flexibility index (Phi) is 10.3. The van der Waals surface area contributed by atoms with E-state index in [1.807, 2.05) is 45.4 Å². The van der Waals surface area contributed by atoms with Gasteiger partial charge < -0.3 is 29.5 Å². The molecule has 1 saturated heterocycles. The van der Waals surface area contributed by atoms with Gasteiger partial charge >= 0.3 is 6.09 Å². The van der Waals surface area contributed by atoms with E-state index >= 15 is 0 Å². The number of para-hydroxylation sites is 1. The monoisotopic (exact) mass is 573 g/mol. The van der Waals surface area contributed by atoms with E-state index in [9.17, 15) is 9.59 Å². The number of carbonyl (C=O) groups excluding carboxylic acids is 2. The molecule has 0 spiro atoms. The van der Waals surface area contributed by atoms with Crippen LogP contribution in [0.3, 0.4) is 0 Å². The Morgan fingerprint density at radius 1 is 1.10 bits per heavy atom. The largest absolute Gasteiger partial charge is 0.494 e. The Labute approximate surface area is 247 Å². The maximum Gasteiger partial charge on any atom is 0.420 e. The van der Waals surface area contributed by atoms with Crippen molar-refractivity contribution in [3.63, 3.8) is 0 Å². The molecule has 0 radical (unpaired) electrons. The van der Waals surface area contributed by atoms with Gasteiger partial charge in [0.15, 0.2) is 0 Å². The zero-order valence-electron chi connectivity index (χ0n) is 24.7. The normalized spacial score (nSPS) is 14.4. The van der Waals surface area contributed by atoms with Crippen molar-refractivity contribution in [3.05, 3.63) is 73.6 Å². The number of benzene rings is 2. The summed E-state index contributed by atoms with van der Waals surface area (Å²) in [5.41, 5.74) is 1.75. The lowest BCUT2D eigenvalue weighted by molar-refractivity contribution is -0.125. The summed E-state index contributed by atoms with van der Waals surface area (Å²) in [7, 11) is 7.76. The number of likely N-dealkylation sites (tertiary alicyclic amines) is 1. The molecule has 42 heavy (non-hydrogen) atoms. The van der Waals surface area contributed by atoms with Crippen LogP contribution in [-0.4, -0.2) is 92.7 Å². The SMILES string of the molecule is C=CC(=O)N1CCC(CN(C(=O)Oc2ccccc2)c2cc(Nc3ccc(N(C)CCN(C)C)cc3OC)ncn2)C1. The number of anilines is 4. The van der Waals surface area contributed by atoms with Gasteiger partial charge in [0.2, 0.25) is 5.91 Å². The first kappa shape index (κ1) is 30.3. The molecule has 0 aliphatic carbocycles. The van der Waals surface area contributed by atoms with E-state index < -0.39 is 6.09 Å². The second-order valence-electron chi connectivity index (χ2n) is 10.4. The van der Waals surface area contributed by atoms with E-state index in [0.717, 1.165) is 30.9 Å². The number of nitrogens with zero attached hydrogens (tertiary/aromatic N) is 6. The summed E-state index contributed by atoms with van der Waals surface area (Å²) in [6, 6.07) is 16.5. The Morgan fingerprint density at radius 3 is 2.60 bits per heavy atom. The van der Waals surface area contributed by atoms with Gasteiger partial charge in [-0.05, 0) is 56.8 Å². The van der Waals surface area contributed by atoms with Gasteiger partial charge in [0.25, 0.3) is 0 Å². The van der Waals surface area contributed by atoms with Crippen LogP contribution in [0.4, 0.5) is 27.8 Å². The van der Waals surface area contributed by atoms with Crippen LogP contribution in [0.25, 0.3) is 0 Å². The predicted molar refractivity (Wildman–Crippen MR) is 165 cm³/mol. The van der Waals surface area contributed by atoms with Crippen LogP contribution in [0.15, 0.2) is 73.6 Å². The molecule has 1 N–H and O–H groups in total. The van der Waals surface area contributed by atoms with Crippen LogP contribution < -0.4 is 24.6 Å². The third-order valence-electron chi connectivity index (χ3n) is 7.08. The van der Waals surface area contributed by atoms with Gasteiger partial charge in [0.1, 0.15) is 29.5 Å². The molecule has 0 bridgehead atoms. The maximum absolute atomic E-state index is 13.4. The quantitative estimate of drug-likeness (QED) is 0.318. The third-order valence-corrected chi connectivity index (χ3v) is 7.08. The van der Waals surface area contributed by atoms with Crippen molar-refractivity contribution >= 4 is 35.0 Å². The average molecular weight is 574 g/mol. The zero-order valence-corrected chi connectivity index (χ0v) is 24.7. The summed E-state index contributed by atoms with van der Waals surface area (Å²) in [6.07, 6.45) is 2.90. The van der Waals surface area contributed by atoms with Crippen LogP contribution in [0.1, 0.15) is 6.42 Å². The smallest absolute Gasteiger partial charge is 0.420 e. The average Bonchev–Trinajstić information content (AvgIpc) is 3.48. The van der Waals surface area contributed by atoms with E-state index in [1.165, 1.54) is 17.3 Å². The highest BCUT2D eigenvalue weighted by Crippen LogP contribution is 2.32. The minimum atomic E-state index is -0.568. The first-order chi connectivity index (χ1) is 20.3. The number of likely N-dealkylation sites (N-methyl/N-ethyl adjacent to an activating group) is 2. The van der Waals surface area contributed by atoms with Crippen molar-refractivity contribution in [2.75, 3.05) is 76.1 Å². The second-order valence-corrected chi connectivity index (χ2v) is 10.4. The molecule has 11 heteroatoms. The number of hydrogen-bond donors (Lipinski definition) is 1. The molecule has 1 aliphatic heterocycles. The van der Waals surface area contributed by atoms with Crippen LogP contribution in [0, 0.1) is 5.92 Å². The molecule has 3 aromatic rings. The Balaban J connectivity index is 1.55. The molecule has 2 heterocycles. The lowest BCUT2D eigenvalue weighted by Gasteiger charge is -2.25. The van der Waals surface area contributed by atoms with Gasteiger partial charge in [-0.3, -0.25) is 9.69 Å². The molecule has 11 nitrogen and oxygen atoms in total. The minimum absolute atomic E-state index is 0.0423. The summed E-state index contributed by atoms with van der Waals surface area (Å²) in [5.74, 6) is 1.87. The number of hydrogen-bond acceptors (Lipinski definition) is 9. The highest BCUT2D eigenvalue weighted by molar-refractivity contribution is 5.89. The summed E-state index contributed by atoms with van der Waals surface area (Å²) in [6.45, 7) is 6.82. The molecule has 222 valence electrons. The minimum Gasteiger partial charge on any atom is -0.494 e. The van der Waals surface area contributed by atoms with E-state index in [0.29, 0.717) is 42.8 Å². The second kappa shape index (κ2) is 14.3. The van der Waals surface area contributed by atoms with Gasteiger partial charge in [-0.25, -0.2) is 14.8 Å². The van der Waals surface area contributed by atoms with Gasteiger partial charge in [-0.1, -0.05) is 24.8 Å². The fourth-order valence-corrected chi connectivity index (χ4v) is 4.68. The van der Waals surface area contributed by atoms with Crippen molar-refractivity contribution < 1.29 is 19.1 Å². The lowest BCUT2D eigenvalue weighted by atomic mass is 10.1. The summed E-state index contributed by atoms with van der Waals surface area (Å²) >= 11 is 0. The van der Waals surface area contributed by atoms with E-state index in [-0.39, 0.29) is 11.8 Å². The van der Waals surface area contributed by atoms with Crippen LogP contribution in [0.2, 0.25) is 0 Å². The summed E-state index contributed by atoms with van der Waals surface area (Å²) in [4.78, 5) is 41.9.